The van der Waals surface area contributed by atoms with Gasteiger partial charge in [0.25, 0.3) is 5.78 Å². The number of hydrogen-bond acceptors (Lipinski definition) is 7. The van der Waals surface area contributed by atoms with Crippen LogP contribution in [0.3, 0.4) is 0 Å². The molecular formula is C22H21F3O7. The van der Waals surface area contributed by atoms with Crippen LogP contribution in [0, 0.1) is 0 Å². The molecule has 0 saturated carbocycles. The van der Waals surface area contributed by atoms with Crippen LogP contribution >= 0.6 is 0 Å². The van der Waals surface area contributed by atoms with E-state index >= 15 is 0 Å². The number of alkyl halides is 3. The molecule has 32 heavy (non-hydrogen) atoms. The number of rotatable bonds is 10. The molecule has 0 bridgehead atoms. The molecule has 0 aliphatic heterocycles. The Kier molecular flexibility index (Phi) is 8.62. The quantitative estimate of drug-likeness (QED) is 0.390. The number of ketones is 1. The summed E-state index contributed by atoms with van der Waals surface area (Å²) in [4.78, 5) is 34.3. The lowest BCUT2D eigenvalue weighted by Gasteiger charge is -2.14. The molecule has 0 heterocycles. The number of esters is 2. The Morgan fingerprint density at radius 2 is 1.41 bits per heavy atom. The Balaban J connectivity index is 1.81. The van der Waals surface area contributed by atoms with E-state index in [0.717, 1.165) is 12.1 Å². The van der Waals surface area contributed by atoms with Crippen LogP contribution in [0.15, 0.2) is 48.5 Å². The first-order chi connectivity index (χ1) is 15.1. The summed E-state index contributed by atoms with van der Waals surface area (Å²) in [5.74, 6) is -1.73. The van der Waals surface area contributed by atoms with E-state index in [1.54, 1.807) is 38.1 Å². The minimum Gasteiger partial charge on any atom is -0.490 e. The van der Waals surface area contributed by atoms with E-state index in [2.05, 4.69) is 4.74 Å². The summed E-state index contributed by atoms with van der Waals surface area (Å²) < 4.78 is 58.1. The molecule has 1 atom stereocenters. The summed E-state index contributed by atoms with van der Waals surface area (Å²) in [5, 5.41) is 0. The number of benzene rings is 2. The maximum atomic E-state index is 12.6. The maximum absolute atomic E-state index is 12.6. The molecule has 10 heteroatoms. The Morgan fingerprint density at radius 3 is 1.94 bits per heavy atom. The van der Waals surface area contributed by atoms with Gasteiger partial charge in [-0.15, -0.1) is 0 Å². The van der Waals surface area contributed by atoms with Crippen molar-refractivity contribution in [3.8, 4) is 17.2 Å². The zero-order valence-electron chi connectivity index (χ0n) is 17.3. The third-order valence-corrected chi connectivity index (χ3v) is 3.90. The minimum absolute atomic E-state index is 0.0392. The first kappa shape index (κ1) is 24.7. The van der Waals surface area contributed by atoms with Gasteiger partial charge in [0.1, 0.15) is 23.4 Å². The normalized spacial score (nSPS) is 11.9. The Morgan fingerprint density at radius 1 is 0.875 bits per heavy atom. The predicted octanol–water partition coefficient (Wildman–Crippen LogP) is 4.33. The third-order valence-electron chi connectivity index (χ3n) is 3.90. The topological polar surface area (TPSA) is 88.1 Å². The molecule has 7 nitrogen and oxygen atoms in total. The largest absolute Gasteiger partial charge is 0.490 e. The van der Waals surface area contributed by atoms with Crippen LogP contribution in [-0.2, 0) is 30.0 Å². The molecule has 1 unspecified atom stereocenters. The molecule has 0 fully saturated rings. The van der Waals surface area contributed by atoms with Crippen molar-refractivity contribution < 1.29 is 46.5 Å². The van der Waals surface area contributed by atoms with Crippen LogP contribution in [0.1, 0.15) is 25.8 Å². The van der Waals surface area contributed by atoms with E-state index in [1.807, 2.05) is 0 Å². The highest BCUT2D eigenvalue weighted by molar-refractivity contribution is 6.34. The lowest BCUT2D eigenvalue weighted by atomic mass is 10.2. The van der Waals surface area contributed by atoms with Gasteiger partial charge < -0.3 is 18.9 Å². The number of carbonyl (C=O) groups is 3. The van der Waals surface area contributed by atoms with E-state index < -0.39 is 42.2 Å². The van der Waals surface area contributed by atoms with E-state index in [9.17, 15) is 27.6 Å². The summed E-state index contributed by atoms with van der Waals surface area (Å²) in [7, 11) is 0. The van der Waals surface area contributed by atoms with Gasteiger partial charge in [0, 0.05) is 0 Å². The van der Waals surface area contributed by atoms with E-state index in [4.69, 9.17) is 14.2 Å². The van der Waals surface area contributed by atoms with Gasteiger partial charge in [-0.25, -0.2) is 4.79 Å². The third kappa shape index (κ3) is 7.93. The summed E-state index contributed by atoms with van der Waals surface area (Å²) in [6, 6.07) is 10.5. The molecule has 2 aromatic rings. The number of halogens is 3. The molecule has 0 aliphatic rings. The average Bonchev–Trinajstić information content (AvgIpc) is 2.73. The Labute approximate surface area is 182 Å². The van der Waals surface area contributed by atoms with Crippen molar-refractivity contribution >= 4 is 17.7 Å². The summed E-state index contributed by atoms with van der Waals surface area (Å²) >= 11 is 0. The highest BCUT2D eigenvalue weighted by Gasteiger charge is 2.30. The van der Waals surface area contributed by atoms with Gasteiger partial charge in [0.15, 0.2) is 6.61 Å². The van der Waals surface area contributed by atoms with Crippen molar-refractivity contribution in [2.24, 2.45) is 0 Å². The second kappa shape index (κ2) is 11.2. The fourth-order valence-electron chi connectivity index (χ4n) is 2.42. The lowest BCUT2D eigenvalue weighted by Crippen LogP contribution is -2.26. The van der Waals surface area contributed by atoms with Gasteiger partial charge in [-0.3, -0.25) is 9.59 Å². The van der Waals surface area contributed by atoms with Crippen molar-refractivity contribution in [1.29, 1.82) is 0 Å². The van der Waals surface area contributed by atoms with Crippen LogP contribution < -0.4 is 9.47 Å². The van der Waals surface area contributed by atoms with Crippen LogP contribution in [0.5, 0.6) is 17.2 Å². The van der Waals surface area contributed by atoms with Crippen molar-refractivity contribution in [1.82, 2.24) is 0 Å². The lowest BCUT2D eigenvalue weighted by molar-refractivity contribution is -0.159. The smallest absolute Gasteiger partial charge is 0.416 e. The van der Waals surface area contributed by atoms with Gasteiger partial charge in [-0.1, -0.05) is 0 Å². The average molecular weight is 454 g/mol. The van der Waals surface area contributed by atoms with E-state index in [1.165, 1.54) is 12.1 Å². The van der Waals surface area contributed by atoms with Crippen LogP contribution in [0.25, 0.3) is 0 Å². The fraction of sp³-hybridized carbons (Fsp3) is 0.318. The molecule has 0 saturated heterocycles. The number of hydrogen-bond donors (Lipinski definition) is 0. The summed E-state index contributed by atoms with van der Waals surface area (Å²) in [6.07, 6.45) is -5.18. The summed E-state index contributed by atoms with van der Waals surface area (Å²) in [5.41, 5.74) is -0.772. The Hall–Kier alpha value is -3.56. The highest BCUT2D eigenvalue weighted by Crippen LogP contribution is 2.31. The molecule has 2 aromatic carbocycles. The second-order valence-corrected chi connectivity index (χ2v) is 6.53. The first-order valence-corrected chi connectivity index (χ1v) is 9.56. The maximum Gasteiger partial charge on any atom is 0.416 e. The molecule has 0 N–H and O–H groups in total. The van der Waals surface area contributed by atoms with Gasteiger partial charge >= 0.3 is 18.1 Å². The van der Waals surface area contributed by atoms with Gasteiger partial charge in [0.2, 0.25) is 0 Å². The minimum atomic E-state index is -4.42. The van der Waals surface area contributed by atoms with Crippen molar-refractivity contribution in [2.75, 3.05) is 13.2 Å². The van der Waals surface area contributed by atoms with Crippen molar-refractivity contribution in [3.05, 3.63) is 54.1 Å². The second-order valence-electron chi connectivity index (χ2n) is 6.53. The molecule has 0 aliphatic carbocycles. The molecule has 0 spiro atoms. The monoisotopic (exact) mass is 454 g/mol. The standard InChI is InChI=1S/C22H21F3O7/c1-3-29-21(28)19(26)13-30-20(27)12-14(2)31-16-8-10-18(11-9-16)32-17-6-4-15(5-7-17)22(23,24)25/h4-11,14H,3,12-13H2,1-2H3. The molecule has 0 amide bonds. The van der Waals surface area contributed by atoms with Gasteiger partial charge in [-0.05, 0) is 62.4 Å². The summed E-state index contributed by atoms with van der Waals surface area (Å²) in [6.45, 7) is 2.49. The zero-order valence-corrected chi connectivity index (χ0v) is 17.3. The van der Waals surface area contributed by atoms with Gasteiger partial charge in [0.05, 0.1) is 18.6 Å². The van der Waals surface area contributed by atoms with Crippen molar-refractivity contribution in [2.45, 2.75) is 32.5 Å². The van der Waals surface area contributed by atoms with Crippen LogP contribution in [0.2, 0.25) is 0 Å². The van der Waals surface area contributed by atoms with E-state index in [-0.39, 0.29) is 18.8 Å². The van der Waals surface area contributed by atoms with Crippen molar-refractivity contribution in [3.63, 3.8) is 0 Å². The van der Waals surface area contributed by atoms with E-state index in [0.29, 0.717) is 11.5 Å². The SMILES string of the molecule is CCOC(=O)C(=O)COC(=O)CC(C)Oc1ccc(Oc2ccc(C(F)(F)F)cc2)cc1. The number of ether oxygens (including phenoxy) is 4. The Bertz CT molecular complexity index is 922. The van der Waals surface area contributed by atoms with Gasteiger partial charge in [-0.2, -0.15) is 13.2 Å². The molecule has 0 radical (unpaired) electrons. The molecular weight excluding hydrogens is 433 g/mol. The number of carbonyl (C=O) groups excluding carboxylic acids is 3. The van der Waals surface area contributed by atoms with Crippen LogP contribution in [0.4, 0.5) is 13.2 Å². The molecule has 172 valence electrons. The fourth-order valence-corrected chi connectivity index (χ4v) is 2.42. The molecule has 0 aromatic heterocycles. The highest BCUT2D eigenvalue weighted by atomic mass is 19.4. The van der Waals surface area contributed by atoms with Crippen LogP contribution in [-0.4, -0.2) is 37.0 Å². The molecule has 2 rings (SSSR count). The predicted molar refractivity (Wildman–Crippen MR) is 105 cm³/mol. The first-order valence-electron chi connectivity index (χ1n) is 9.56. The number of Topliss-reactive ketones (excluding diaryl/α,β-unsaturated/α-hetero) is 1. The zero-order chi connectivity index (χ0) is 23.7.